The van der Waals surface area contributed by atoms with Gasteiger partial charge >= 0.3 is 0 Å². The van der Waals surface area contributed by atoms with Gasteiger partial charge in [-0.1, -0.05) is 40.5 Å². The molecule has 1 heteroatoms. The van der Waals surface area contributed by atoms with E-state index >= 15 is 0 Å². The highest BCUT2D eigenvalue weighted by atomic mass is 14.9. The second-order valence-electron chi connectivity index (χ2n) is 6.40. The van der Waals surface area contributed by atoms with Crippen LogP contribution in [0.3, 0.4) is 0 Å². The van der Waals surface area contributed by atoms with E-state index in [1.165, 1.54) is 51.5 Å². The summed E-state index contributed by atoms with van der Waals surface area (Å²) in [6, 6.07) is 0.805. The van der Waals surface area contributed by atoms with Crippen LogP contribution < -0.4 is 5.32 Å². The molecule has 0 aromatic rings. The summed E-state index contributed by atoms with van der Waals surface area (Å²) in [7, 11) is 0. The molecule has 16 heavy (non-hydrogen) atoms. The van der Waals surface area contributed by atoms with Crippen LogP contribution in [0.2, 0.25) is 0 Å². The second kappa shape index (κ2) is 6.64. The first kappa shape index (κ1) is 14.0. The van der Waals surface area contributed by atoms with Gasteiger partial charge in [-0.25, -0.2) is 0 Å². The van der Waals surface area contributed by atoms with E-state index in [9.17, 15) is 0 Å². The highest BCUT2D eigenvalue weighted by Crippen LogP contribution is 2.28. The van der Waals surface area contributed by atoms with Crippen LogP contribution in [-0.2, 0) is 0 Å². The summed E-state index contributed by atoms with van der Waals surface area (Å²) in [5.41, 5.74) is 0.472. The van der Waals surface area contributed by atoms with Crippen molar-refractivity contribution in [2.45, 2.75) is 78.7 Å². The monoisotopic (exact) mass is 225 g/mol. The molecule has 1 aliphatic rings. The van der Waals surface area contributed by atoms with Gasteiger partial charge in [0.2, 0.25) is 0 Å². The third-order valence-corrected chi connectivity index (χ3v) is 4.37. The molecule has 0 aromatic heterocycles. The molecule has 0 aliphatic heterocycles. The van der Waals surface area contributed by atoms with Crippen LogP contribution in [0.1, 0.15) is 72.6 Å². The second-order valence-corrected chi connectivity index (χ2v) is 6.40. The lowest BCUT2D eigenvalue weighted by Crippen LogP contribution is -2.39. The van der Waals surface area contributed by atoms with Gasteiger partial charge in [0.1, 0.15) is 0 Å². The molecule has 0 spiro atoms. The Morgan fingerprint density at radius 1 is 1.06 bits per heavy atom. The number of hydrogen-bond acceptors (Lipinski definition) is 1. The molecule has 0 aromatic carbocycles. The van der Waals surface area contributed by atoms with Gasteiger partial charge in [0.15, 0.2) is 0 Å². The molecular formula is C15H31N. The predicted octanol–water partition coefficient (Wildman–Crippen LogP) is 4.37. The Bertz CT molecular complexity index is 178. The molecule has 0 radical (unpaired) electrons. The van der Waals surface area contributed by atoms with Crippen molar-refractivity contribution >= 4 is 0 Å². The third-order valence-electron chi connectivity index (χ3n) is 4.37. The Morgan fingerprint density at radius 2 is 1.69 bits per heavy atom. The molecule has 1 saturated carbocycles. The Hall–Kier alpha value is -0.0400. The van der Waals surface area contributed by atoms with Crippen LogP contribution in [0.25, 0.3) is 0 Å². The van der Waals surface area contributed by atoms with Gasteiger partial charge < -0.3 is 5.32 Å². The highest BCUT2D eigenvalue weighted by Gasteiger charge is 2.22. The molecule has 1 N–H and O–H groups in total. The van der Waals surface area contributed by atoms with Crippen LogP contribution in [0.5, 0.6) is 0 Å². The van der Waals surface area contributed by atoms with Crippen LogP contribution in [0, 0.1) is 11.3 Å². The first-order valence-electron chi connectivity index (χ1n) is 7.30. The maximum absolute atomic E-state index is 3.78. The van der Waals surface area contributed by atoms with Gasteiger partial charge in [-0.2, -0.15) is 0 Å². The summed E-state index contributed by atoms with van der Waals surface area (Å²) in [6.45, 7) is 10.5. The maximum atomic E-state index is 3.78. The molecule has 1 nitrogen and oxygen atoms in total. The maximum Gasteiger partial charge on any atom is 0.00674 e. The number of nitrogens with one attached hydrogen (secondary N) is 1. The molecule has 0 saturated heterocycles. The van der Waals surface area contributed by atoms with Crippen molar-refractivity contribution in [2.24, 2.45) is 11.3 Å². The summed E-state index contributed by atoms with van der Waals surface area (Å²) in [4.78, 5) is 0. The Morgan fingerprint density at radius 3 is 2.19 bits per heavy atom. The molecular weight excluding hydrogens is 194 g/mol. The average molecular weight is 225 g/mol. The zero-order chi connectivity index (χ0) is 12.0. The lowest BCUT2D eigenvalue weighted by atomic mass is 9.82. The molecule has 0 heterocycles. The van der Waals surface area contributed by atoms with Gasteiger partial charge in [0, 0.05) is 12.6 Å². The van der Waals surface area contributed by atoms with Crippen LogP contribution in [-0.4, -0.2) is 12.6 Å². The summed E-state index contributed by atoms with van der Waals surface area (Å²) in [6.07, 6.45) is 9.81. The van der Waals surface area contributed by atoms with Gasteiger partial charge in [-0.3, -0.25) is 0 Å². The van der Waals surface area contributed by atoms with Crippen molar-refractivity contribution in [3.63, 3.8) is 0 Å². The van der Waals surface area contributed by atoms with E-state index in [1.54, 1.807) is 0 Å². The Labute approximate surface area is 102 Å². The fourth-order valence-electron chi connectivity index (χ4n) is 2.61. The van der Waals surface area contributed by atoms with Crippen molar-refractivity contribution in [2.75, 3.05) is 6.54 Å². The first-order chi connectivity index (χ1) is 7.57. The molecule has 0 amide bonds. The molecule has 1 aliphatic carbocycles. The van der Waals surface area contributed by atoms with Gasteiger partial charge in [-0.05, 0) is 43.4 Å². The molecule has 96 valence electrons. The average Bonchev–Trinajstić information content (AvgIpc) is 2.29. The summed E-state index contributed by atoms with van der Waals surface area (Å²) in [5, 5.41) is 3.78. The SMILES string of the molecule is CCCC1CCC(NCC(C)(C)CC)CC1. The van der Waals surface area contributed by atoms with Gasteiger partial charge in [0.05, 0.1) is 0 Å². The van der Waals surface area contributed by atoms with E-state index in [4.69, 9.17) is 0 Å². The minimum absolute atomic E-state index is 0.472. The van der Waals surface area contributed by atoms with Crippen molar-refractivity contribution in [3.8, 4) is 0 Å². The zero-order valence-electron chi connectivity index (χ0n) is 11.8. The molecule has 0 unspecified atom stereocenters. The minimum atomic E-state index is 0.472. The topological polar surface area (TPSA) is 12.0 Å². The zero-order valence-corrected chi connectivity index (χ0v) is 11.8. The first-order valence-corrected chi connectivity index (χ1v) is 7.30. The predicted molar refractivity (Wildman–Crippen MR) is 72.7 cm³/mol. The summed E-state index contributed by atoms with van der Waals surface area (Å²) in [5.74, 6) is 1.03. The summed E-state index contributed by atoms with van der Waals surface area (Å²) >= 11 is 0. The van der Waals surface area contributed by atoms with Crippen molar-refractivity contribution < 1.29 is 0 Å². The Balaban J connectivity index is 2.17. The molecule has 0 atom stereocenters. The third kappa shape index (κ3) is 4.86. The minimum Gasteiger partial charge on any atom is -0.313 e. The van der Waals surface area contributed by atoms with E-state index in [2.05, 4.69) is 33.0 Å². The summed E-state index contributed by atoms with van der Waals surface area (Å²) < 4.78 is 0. The lowest BCUT2D eigenvalue weighted by Gasteiger charge is -2.32. The van der Waals surface area contributed by atoms with Crippen molar-refractivity contribution in [1.82, 2.24) is 5.32 Å². The standard InChI is InChI=1S/C15H31N/c1-5-7-13-8-10-14(11-9-13)16-12-15(3,4)6-2/h13-14,16H,5-12H2,1-4H3. The van der Waals surface area contributed by atoms with Gasteiger partial charge in [-0.15, -0.1) is 0 Å². The lowest BCUT2D eigenvalue weighted by molar-refractivity contribution is 0.244. The molecule has 0 bridgehead atoms. The fourth-order valence-corrected chi connectivity index (χ4v) is 2.61. The van der Waals surface area contributed by atoms with Crippen LogP contribution in [0.15, 0.2) is 0 Å². The van der Waals surface area contributed by atoms with Crippen molar-refractivity contribution in [3.05, 3.63) is 0 Å². The van der Waals surface area contributed by atoms with Crippen LogP contribution >= 0.6 is 0 Å². The fraction of sp³-hybridized carbons (Fsp3) is 1.00. The Kier molecular flexibility index (Phi) is 5.82. The number of hydrogen-bond donors (Lipinski definition) is 1. The van der Waals surface area contributed by atoms with Gasteiger partial charge in [0.25, 0.3) is 0 Å². The smallest absolute Gasteiger partial charge is 0.00674 e. The van der Waals surface area contributed by atoms with Crippen LogP contribution in [0.4, 0.5) is 0 Å². The van der Waals surface area contributed by atoms with Crippen molar-refractivity contribution in [1.29, 1.82) is 0 Å². The molecule has 1 fully saturated rings. The highest BCUT2D eigenvalue weighted by molar-refractivity contribution is 4.79. The molecule has 1 rings (SSSR count). The van der Waals surface area contributed by atoms with E-state index in [0.717, 1.165) is 12.0 Å². The normalized spacial score (nSPS) is 27.0. The van der Waals surface area contributed by atoms with E-state index in [0.29, 0.717) is 5.41 Å². The van der Waals surface area contributed by atoms with E-state index < -0.39 is 0 Å². The number of rotatable bonds is 6. The quantitative estimate of drug-likeness (QED) is 0.708. The van der Waals surface area contributed by atoms with E-state index in [1.807, 2.05) is 0 Å². The largest absolute Gasteiger partial charge is 0.313 e. The van der Waals surface area contributed by atoms with E-state index in [-0.39, 0.29) is 0 Å².